The third-order valence-corrected chi connectivity index (χ3v) is 2.24. The third kappa shape index (κ3) is 4.01. The van der Waals surface area contributed by atoms with Gasteiger partial charge >= 0.3 is 6.16 Å². The van der Waals surface area contributed by atoms with Gasteiger partial charge in [0.2, 0.25) is 0 Å². The number of hydrogen-bond donors (Lipinski definition) is 0. The van der Waals surface area contributed by atoms with Crippen LogP contribution in [0, 0.1) is 13.8 Å². The molecule has 0 fully saturated rings. The number of nitrogens with zero attached hydrogens (tertiary/aromatic N) is 2. The molecule has 86 valence electrons. The molecule has 0 saturated heterocycles. The van der Waals surface area contributed by atoms with Gasteiger partial charge in [-0.3, -0.25) is 0 Å². The molecule has 0 bridgehead atoms. The molecule has 1 aromatic rings. The molecule has 15 heavy (non-hydrogen) atoms. The Morgan fingerprint density at radius 3 is 1.87 bits per heavy atom. The van der Waals surface area contributed by atoms with Crippen molar-refractivity contribution in [2.45, 2.75) is 13.8 Å². The van der Waals surface area contributed by atoms with Crippen LogP contribution in [0.1, 0.15) is 11.5 Å². The maximum absolute atomic E-state index is 9.74. The van der Waals surface area contributed by atoms with Crippen molar-refractivity contribution in [1.82, 2.24) is 4.57 Å². The lowest BCUT2D eigenvalue weighted by Crippen LogP contribution is -2.29. The van der Waals surface area contributed by atoms with E-state index in [2.05, 4.69) is 52.7 Å². The number of ether oxygens (including phenoxy) is 2. The van der Waals surface area contributed by atoms with Crippen molar-refractivity contribution in [2.75, 3.05) is 14.2 Å². The van der Waals surface area contributed by atoms with E-state index in [1.54, 1.807) is 0 Å². The molecule has 1 aromatic heterocycles. The summed E-state index contributed by atoms with van der Waals surface area (Å²) in [6.07, 6.45) is 1.46. The molecule has 0 aromatic carbocycles. The van der Waals surface area contributed by atoms with Crippen LogP contribution in [-0.4, -0.2) is 24.9 Å². The Morgan fingerprint density at radius 1 is 1.33 bits per heavy atom. The Labute approximate surface area is 90.2 Å². The first kappa shape index (κ1) is 13.5. The zero-order valence-corrected chi connectivity index (χ0v) is 10.2. The summed E-state index contributed by atoms with van der Waals surface area (Å²) in [5.41, 5.74) is 1.30. The summed E-state index contributed by atoms with van der Waals surface area (Å²) >= 11 is 0. The van der Waals surface area contributed by atoms with Gasteiger partial charge in [0.25, 0.3) is 5.82 Å². The fourth-order valence-corrected chi connectivity index (χ4v) is 1.04. The van der Waals surface area contributed by atoms with E-state index in [1.165, 1.54) is 25.7 Å². The quantitative estimate of drug-likeness (QED) is 0.476. The minimum absolute atomic E-state index is 0.657. The molecule has 0 saturated carbocycles. The van der Waals surface area contributed by atoms with E-state index >= 15 is 0 Å². The van der Waals surface area contributed by atoms with Gasteiger partial charge in [-0.2, -0.15) is 0 Å². The first-order valence-corrected chi connectivity index (χ1v) is 4.54. The lowest BCUT2D eigenvalue weighted by molar-refractivity contribution is -0.677. The van der Waals surface area contributed by atoms with Crippen molar-refractivity contribution in [3.8, 4) is 0 Å². The van der Waals surface area contributed by atoms with Gasteiger partial charge in [-0.05, 0) is 0 Å². The van der Waals surface area contributed by atoms with Crippen LogP contribution in [0.5, 0.6) is 0 Å². The van der Waals surface area contributed by atoms with Gasteiger partial charge in [0, 0.05) is 13.8 Å². The Balaban J connectivity index is 0.000000288. The largest absolute Gasteiger partial charge is 0.507 e. The monoisotopic (exact) mass is 215 g/mol. The van der Waals surface area contributed by atoms with E-state index in [0.717, 1.165) is 0 Å². The number of aromatic nitrogens is 2. The van der Waals surface area contributed by atoms with Crippen molar-refractivity contribution in [1.29, 1.82) is 0 Å². The van der Waals surface area contributed by atoms with E-state index < -0.39 is 6.16 Å². The Hall–Kier alpha value is -1.52. The standard InChI is InChI=1S/C7H13N2.C3H6O3/c1-6-5-8(3)7(2)9(6)4;1-5-3(4)6-2/h5H,1-4H3;1-2H3/q+1;. The van der Waals surface area contributed by atoms with Gasteiger partial charge < -0.3 is 9.47 Å². The average molecular weight is 215 g/mol. The topological polar surface area (TPSA) is 44.3 Å². The summed E-state index contributed by atoms with van der Waals surface area (Å²) in [5, 5.41) is 0. The SMILES string of the molecule is COC(=O)OC.Cc1c[n+](C)c(C)n1C. The molecule has 0 unspecified atom stereocenters. The molecule has 0 atom stereocenters. The highest BCUT2D eigenvalue weighted by Gasteiger charge is 2.07. The van der Waals surface area contributed by atoms with E-state index in [-0.39, 0.29) is 0 Å². The van der Waals surface area contributed by atoms with Crippen LogP contribution in [0.3, 0.4) is 0 Å². The first-order chi connectivity index (χ1) is 6.93. The molecule has 0 aliphatic carbocycles. The van der Waals surface area contributed by atoms with Crippen molar-refractivity contribution >= 4 is 6.16 Å². The van der Waals surface area contributed by atoms with Crippen LogP contribution in [0.15, 0.2) is 6.20 Å². The molecule has 0 aliphatic rings. The van der Waals surface area contributed by atoms with Gasteiger partial charge in [-0.25, -0.2) is 13.9 Å². The predicted molar refractivity (Wildman–Crippen MR) is 55.5 cm³/mol. The molecule has 0 N–H and O–H groups in total. The fraction of sp³-hybridized carbons (Fsp3) is 0.600. The van der Waals surface area contributed by atoms with E-state index in [4.69, 9.17) is 0 Å². The number of carbonyl (C=O) groups excluding carboxylic acids is 1. The minimum atomic E-state index is -0.657. The number of aryl methyl sites for hydroxylation is 2. The van der Waals surface area contributed by atoms with Crippen molar-refractivity contribution < 1.29 is 18.8 Å². The van der Waals surface area contributed by atoms with Crippen LogP contribution in [0.2, 0.25) is 0 Å². The van der Waals surface area contributed by atoms with E-state index in [9.17, 15) is 4.79 Å². The third-order valence-electron chi connectivity index (χ3n) is 2.24. The van der Waals surface area contributed by atoms with E-state index in [1.807, 2.05) is 0 Å². The summed E-state index contributed by atoms with van der Waals surface area (Å²) in [7, 11) is 6.64. The highest BCUT2D eigenvalue weighted by atomic mass is 16.7. The summed E-state index contributed by atoms with van der Waals surface area (Å²) in [6.45, 7) is 4.21. The van der Waals surface area contributed by atoms with Crippen molar-refractivity contribution in [3.05, 3.63) is 17.7 Å². The molecule has 1 heterocycles. The molecule has 0 radical (unpaired) electrons. The van der Waals surface area contributed by atoms with Crippen molar-refractivity contribution in [3.63, 3.8) is 0 Å². The molecule has 5 heteroatoms. The zero-order valence-electron chi connectivity index (χ0n) is 10.2. The molecule has 1 rings (SSSR count). The Bertz CT molecular complexity index is 303. The maximum atomic E-state index is 9.74. The number of methoxy groups -OCH3 is 2. The number of rotatable bonds is 0. The van der Waals surface area contributed by atoms with Gasteiger partial charge in [-0.1, -0.05) is 0 Å². The number of hydrogen-bond acceptors (Lipinski definition) is 3. The van der Waals surface area contributed by atoms with Crippen molar-refractivity contribution in [2.24, 2.45) is 14.1 Å². The second-order valence-corrected chi connectivity index (χ2v) is 3.15. The molecule has 0 spiro atoms. The maximum Gasteiger partial charge on any atom is 0.507 e. The molecular formula is C10H19N2O3+. The highest BCUT2D eigenvalue weighted by Crippen LogP contribution is 1.94. The Kier molecular flexibility index (Phi) is 5.44. The molecule has 5 nitrogen and oxygen atoms in total. The van der Waals surface area contributed by atoms with Crippen LogP contribution in [-0.2, 0) is 23.6 Å². The van der Waals surface area contributed by atoms with Gasteiger partial charge in [0.15, 0.2) is 0 Å². The average Bonchev–Trinajstić information content (AvgIpc) is 2.45. The summed E-state index contributed by atoms with van der Waals surface area (Å²) in [6, 6.07) is 0. The number of imidazole rings is 1. The zero-order chi connectivity index (χ0) is 12.0. The smallest absolute Gasteiger partial charge is 0.438 e. The van der Waals surface area contributed by atoms with Crippen LogP contribution >= 0.6 is 0 Å². The molecule has 0 amide bonds. The highest BCUT2D eigenvalue weighted by molar-refractivity contribution is 5.59. The predicted octanol–water partition coefficient (Wildman–Crippen LogP) is 0.866. The fourth-order valence-electron chi connectivity index (χ4n) is 1.04. The molecule has 0 aliphatic heterocycles. The number of carbonyl (C=O) groups is 1. The summed E-state index contributed by atoms with van der Waals surface area (Å²) in [4.78, 5) is 9.74. The van der Waals surface area contributed by atoms with E-state index in [0.29, 0.717) is 0 Å². The first-order valence-electron chi connectivity index (χ1n) is 4.54. The summed E-state index contributed by atoms with van der Waals surface area (Å²) < 4.78 is 12.4. The second kappa shape index (κ2) is 6.06. The summed E-state index contributed by atoms with van der Waals surface area (Å²) in [5.74, 6) is 1.28. The minimum Gasteiger partial charge on any atom is -0.438 e. The van der Waals surface area contributed by atoms with Gasteiger partial charge in [0.1, 0.15) is 11.9 Å². The second-order valence-electron chi connectivity index (χ2n) is 3.15. The lowest BCUT2D eigenvalue weighted by Gasteiger charge is -1.89. The van der Waals surface area contributed by atoms with Crippen LogP contribution in [0.25, 0.3) is 0 Å². The normalized spacial score (nSPS) is 8.93. The molecular weight excluding hydrogens is 196 g/mol. The van der Waals surface area contributed by atoms with Gasteiger partial charge in [0.05, 0.1) is 28.3 Å². The van der Waals surface area contributed by atoms with Crippen LogP contribution in [0.4, 0.5) is 4.79 Å². The van der Waals surface area contributed by atoms with Gasteiger partial charge in [-0.15, -0.1) is 0 Å². The lowest BCUT2D eigenvalue weighted by atomic mass is 10.5. The Morgan fingerprint density at radius 2 is 1.80 bits per heavy atom. The van der Waals surface area contributed by atoms with Crippen LogP contribution < -0.4 is 4.57 Å².